The Morgan fingerprint density at radius 1 is 1.24 bits per heavy atom. The summed E-state index contributed by atoms with van der Waals surface area (Å²) in [4.78, 5) is 27.6. The smallest absolute Gasteiger partial charge is 0.346 e. The van der Waals surface area contributed by atoms with Crippen LogP contribution >= 0.6 is 0 Å². The number of carbonyl (C=O) groups is 1. The van der Waals surface area contributed by atoms with Gasteiger partial charge in [0.15, 0.2) is 0 Å². The van der Waals surface area contributed by atoms with Gasteiger partial charge < -0.3 is 9.64 Å². The van der Waals surface area contributed by atoms with Gasteiger partial charge in [0.1, 0.15) is 18.2 Å². The molecule has 0 bridgehead atoms. The SMILES string of the molecule is CCCCN(CC)C(=O)C1CCc2nn(CCOc3ccccc3)c(=O)n2CC1. The van der Waals surface area contributed by atoms with Crippen LogP contribution in [0.4, 0.5) is 0 Å². The van der Waals surface area contributed by atoms with E-state index in [1.165, 1.54) is 4.68 Å². The Morgan fingerprint density at radius 3 is 2.76 bits per heavy atom. The number of fused-ring (bicyclic) bond motifs is 1. The third-order valence-corrected chi connectivity index (χ3v) is 5.56. The molecule has 3 rings (SSSR count). The molecule has 0 fully saturated rings. The predicted molar refractivity (Wildman–Crippen MR) is 112 cm³/mol. The molecule has 29 heavy (non-hydrogen) atoms. The lowest BCUT2D eigenvalue weighted by Gasteiger charge is -2.25. The lowest BCUT2D eigenvalue weighted by molar-refractivity contribution is -0.135. The number of aryl methyl sites for hydroxylation is 1. The minimum atomic E-state index is -0.108. The molecule has 1 aromatic carbocycles. The fourth-order valence-electron chi connectivity index (χ4n) is 3.82. The van der Waals surface area contributed by atoms with Crippen molar-refractivity contribution in [3.8, 4) is 5.75 Å². The number of aromatic nitrogens is 3. The van der Waals surface area contributed by atoms with E-state index in [-0.39, 0.29) is 17.5 Å². The molecule has 7 heteroatoms. The molecule has 2 aromatic rings. The fraction of sp³-hybridized carbons (Fsp3) is 0.591. The fourth-order valence-corrected chi connectivity index (χ4v) is 3.82. The summed E-state index contributed by atoms with van der Waals surface area (Å²) >= 11 is 0. The first-order valence-corrected chi connectivity index (χ1v) is 10.8. The summed E-state index contributed by atoms with van der Waals surface area (Å²) in [6.45, 7) is 7.09. The minimum absolute atomic E-state index is 0.0252. The summed E-state index contributed by atoms with van der Waals surface area (Å²) in [5.74, 6) is 1.76. The average molecular weight is 401 g/mol. The van der Waals surface area contributed by atoms with E-state index in [0.29, 0.717) is 32.5 Å². The van der Waals surface area contributed by atoms with Crippen molar-refractivity contribution < 1.29 is 9.53 Å². The molecular weight excluding hydrogens is 368 g/mol. The number of rotatable bonds is 9. The third kappa shape index (κ3) is 5.28. The standard InChI is InChI=1S/C22H32N4O3/c1-3-5-14-24(4-2)21(27)18-11-12-20-23-26(22(28)25(20)15-13-18)16-17-29-19-9-7-6-8-10-19/h6-10,18H,3-5,11-17H2,1-2H3. The molecule has 1 unspecified atom stereocenters. The Hall–Kier alpha value is -2.57. The number of nitrogens with zero attached hydrogens (tertiary/aromatic N) is 4. The minimum Gasteiger partial charge on any atom is -0.492 e. The van der Waals surface area contributed by atoms with Crippen LogP contribution in [0, 0.1) is 5.92 Å². The first-order chi connectivity index (χ1) is 14.1. The van der Waals surface area contributed by atoms with Crippen molar-refractivity contribution in [3.63, 3.8) is 0 Å². The number of hydrogen-bond donors (Lipinski definition) is 0. The monoisotopic (exact) mass is 400 g/mol. The van der Waals surface area contributed by atoms with Crippen LogP contribution in [-0.4, -0.2) is 44.9 Å². The van der Waals surface area contributed by atoms with Crippen molar-refractivity contribution in [2.45, 2.75) is 59.0 Å². The van der Waals surface area contributed by atoms with Crippen LogP contribution in [0.5, 0.6) is 5.75 Å². The van der Waals surface area contributed by atoms with Crippen LogP contribution in [0.2, 0.25) is 0 Å². The summed E-state index contributed by atoms with van der Waals surface area (Å²) < 4.78 is 8.90. The van der Waals surface area contributed by atoms with Gasteiger partial charge in [-0.1, -0.05) is 31.5 Å². The van der Waals surface area contributed by atoms with Crippen molar-refractivity contribution in [1.82, 2.24) is 19.2 Å². The summed E-state index contributed by atoms with van der Waals surface area (Å²) in [5.41, 5.74) is -0.108. The average Bonchev–Trinajstić information content (AvgIpc) is 2.91. The highest BCUT2D eigenvalue weighted by Crippen LogP contribution is 2.20. The first kappa shape index (κ1) is 21.1. The largest absolute Gasteiger partial charge is 0.492 e. The molecular formula is C22H32N4O3. The molecule has 1 atom stereocenters. The number of ether oxygens (including phenoxy) is 1. The molecule has 0 saturated heterocycles. The molecule has 1 aliphatic heterocycles. The lowest BCUT2D eigenvalue weighted by Crippen LogP contribution is -2.37. The quantitative estimate of drug-likeness (QED) is 0.649. The second kappa shape index (κ2) is 10.3. The third-order valence-electron chi connectivity index (χ3n) is 5.56. The van der Waals surface area contributed by atoms with Crippen LogP contribution in [0.15, 0.2) is 35.1 Å². The van der Waals surface area contributed by atoms with E-state index in [0.717, 1.165) is 43.9 Å². The number of amides is 1. The molecule has 1 aliphatic rings. The van der Waals surface area contributed by atoms with Crippen molar-refractivity contribution in [2.75, 3.05) is 19.7 Å². The molecule has 0 saturated carbocycles. The highest BCUT2D eigenvalue weighted by atomic mass is 16.5. The van der Waals surface area contributed by atoms with Gasteiger partial charge in [0.05, 0.1) is 6.54 Å². The van der Waals surface area contributed by atoms with E-state index in [1.807, 2.05) is 42.2 Å². The van der Waals surface area contributed by atoms with Gasteiger partial charge in [0, 0.05) is 32.0 Å². The maximum absolute atomic E-state index is 12.9. The second-order valence-electron chi connectivity index (χ2n) is 7.53. The highest BCUT2D eigenvalue weighted by molar-refractivity contribution is 5.78. The zero-order valence-electron chi connectivity index (χ0n) is 17.5. The van der Waals surface area contributed by atoms with Gasteiger partial charge in [0.2, 0.25) is 5.91 Å². The molecule has 0 radical (unpaired) electrons. The Bertz CT molecular complexity index is 843. The van der Waals surface area contributed by atoms with E-state index < -0.39 is 0 Å². The summed E-state index contributed by atoms with van der Waals surface area (Å²) in [6.07, 6.45) is 4.21. The second-order valence-corrected chi connectivity index (χ2v) is 7.53. The van der Waals surface area contributed by atoms with E-state index in [1.54, 1.807) is 4.57 Å². The van der Waals surface area contributed by atoms with Crippen molar-refractivity contribution in [2.24, 2.45) is 5.92 Å². The summed E-state index contributed by atoms with van der Waals surface area (Å²) in [5, 5.41) is 4.51. The van der Waals surface area contributed by atoms with Gasteiger partial charge in [-0.2, -0.15) is 5.10 Å². The van der Waals surface area contributed by atoms with Crippen molar-refractivity contribution in [3.05, 3.63) is 46.6 Å². The molecule has 0 aliphatic carbocycles. The number of para-hydroxylation sites is 1. The Labute approximate surface area is 172 Å². The van der Waals surface area contributed by atoms with Gasteiger partial charge in [0.25, 0.3) is 0 Å². The normalized spacial score (nSPS) is 16.1. The van der Waals surface area contributed by atoms with E-state index in [9.17, 15) is 9.59 Å². The molecule has 2 heterocycles. The molecule has 7 nitrogen and oxygen atoms in total. The van der Waals surface area contributed by atoms with Crippen LogP contribution in [-0.2, 0) is 24.3 Å². The number of hydrogen-bond acceptors (Lipinski definition) is 4. The van der Waals surface area contributed by atoms with E-state index >= 15 is 0 Å². The van der Waals surface area contributed by atoms with Gasteiger partial charge in [-0.3, -0.25) is 9.36 Å². The van der Waals surface area contributed by atoms with Crippen LogP contribution in [0.1, 0.15) is 45.4 Å². The van der Waals surface area contributed by atoms with Crippen molar-refractivity contribution >= 4 is 5.91 Å². The maximum Gasteiger partial charge on any atom is 0.346 e. The van der Waals surface area contributed by atoms with Gasteiger partial charge in [-0.15, -0.1) is 0 Å². The van der Waals surface area contributed by atoms with Gasteiger partial charge in [-0.25, -0.2) is 9.48 Å². The Kier molecular flexibility index (Phi) is 7.49. The van der Waals surface area contributed by atoms with Crippen LogP contribution < -0.4 is 10.4 Å². The predicted octanol–water partition coefficient (Wildman–Crippen LogP) is 2.72. The topological polar surface area (TPSA) is 69.4 Å². The van der Waals surface area contributed by atoms with E-state index in [4.69, 9.17) is 4.74 Å². The lowest BCUT2D eigenvalue weighted by atomic mass is 9.98. The number of carbonyl (C=O) groups excluding carboxylic acids is 1. The molecule has 0 N–H and O–H groups in total. The molecule has 1 aromatic heterocycles. The van der Waals surface area contributed by atoms with Crippen LogP contribution in [0.25, 0.3) is 0 Å². The number of unbranched alkanes of at least 4 members (excludes halogenated alkanes) is 1. The number of benzene rings is 1. The Morgan fingerprint density at radius 2 is 2.03 bits per heavy atom. The van der Waals surface area contributed by atoms with Crippen molar-refractivity contribution in [1.29, 1.82) is 0 Å². The zero-order chi connectivity index (χ0) is 20.6. The molecule has 1 amide bonds. The maximum atomic E-state index is 12.9. The summed E-state index contributed by atoms with van der Waals surface area (Å²) in [6, 6.07) is 9.55. The van der Waals surface area contributed by atoms with Gasteiger partial charge >= 0.3 is 5.69 Å². The highest BCUT2D eigenvalue weighted by Gasteiger charge is 2.27. The first-order valence-electron chi connectivity index (χ1n) is 10.8. The van der Waals surface area contributed by atoms with Crippen LogP contribution in [0.3, 0.4) is 0 Å². The molecule has 0 spiro atoms. The zero-order valence-corrected chi connectivity index (χ0v) is 17.5. The van der Waals surface area contributed by atoms with Gasteiger partial charge in [-0.05, 0) is 38.3 Å². The Balaban J connectivity index is 1.58. The molecule has 158 valence electrons. The van der Waals surface area contributed by atoms with E-state index in [2.05, 4.69) is 12.0 Å². The summed E-state index contributed by atoms with van der Waals surface area (Å²) in [7, 11) is 0.